The van der Waals surface area contributed by atoms with Gasteiger partial charge in [0.15, 0.2) is 0 Å². The van der Waals surface area contributed by atoms with Gasteiger partial charge in [-0.1, -0.05) is 38.0 Å². The van der Waals surface area contributed by atoms with E-state index in [1.807, 2.05) is 6.07 Å². The Hall–Kier alpha value is -1.02. The van der Waals surface area contributed by atoms with Crippen LogP contribution in [0.1, 0.15) is 44.2 Å². The van der Waals surface area contributed by atoms with Gasteiger partial charge in [-0.05, 0) is 31.4 Å². The lowest BCUT2D eigenvalue weighted by molar-refractivity contribution is 0.228. The zero-order chi connectivity index (χ0) is 12.3. The molecule has 94 valence electrons. The Labute approximate surface area is 104 Å². The van der Waals surface area contributed by atoms with Gasteiger partial charge in [0, 0.05) is 11.6 Å². The maximum absolute atomic E-state index is 5.49. The van der Waals surface area contributed by atoms with Crippen LogP contribution in [0.25, 0.3) is 0 Å². The second kappa shape index (κ2) is 5.09. The van der Waals surface area contributed by atoms with Gasteiger partial charge in [-0.15, -0.1) is 0 Å². The standard InChI is InChI=1S/C15H23NO/c1-15(10-6-7-11-15)14(16-2)12-8-4-5-9-13(12)17-3/h4-5,8-9,14,16H,6-7,10-11H2,1-3H3. The average molecular weight is 233 g/mol. The van der Waals surface area contributed by atoms with E-state index in [0.717, 1.165) is 5.75 Å². The molecule has 1 unspecified atom stereocenters. The molecule has 1 aromatic rings. The van der Waals surface area contributed by atoms with E-state index in [1.54, 1.807) is 7.11 Å². The fraction of sp³-hybridized carbons (Fsp3) is 0.600. The Kier molecular flexibility index (Phi) is 3.72. The van der Waals surface area contributed by atoms with Crippen molar-refractivity contribution in [1.82, 2.24) is 5.32 Å². The smallest absolute Gasteiger partial charge is 0.123 e. The monoisotopic (exact) mass is 233 g/mol. The van der Waals surface area contributed by atoms with Crippen molar-refractivity contribution in [1.29, 1.82) is 0 Å². The number of hydrogen-bond acceptors (Lipinski definition) is 2. The first-order valence-corrected chi connectivity index (χ1v) is 6.51. The van der Waals surface area contributed by atoms with Gasteiger partial charge in [0.1, 0.15) is 5.75 Å². The first-order chi connectivity index (χ1) is 8.21. The number of nitrogens with one attached hydrogen (secondary N) is 1. The van der Waals surface area contributed by atoms with Crippen LogP contribution in [-0.2, 0) is 0 Å². The van der Waals surface area contributed by atoms with E-state index in [9.17, 15) is 0 Å². The third-order valence-electron chi connectivity index (χ3n) is 4.18. The molecular weight excluding hydrogens is 210 g/mol. The summed E-state index contributed by atoms with van der Waals surface area (Å²) >= 11 is 0. The van der Waals surface area contributed by atoms with Gasteiger partial charge in [-0.25, -0.2) is 0 Å². The predicted octanol–water partition coefficient (Wildman–Crippen LogP) is 3.54. The summed E-state index contributed by atoms with van der Waals surface area (Å²) in [5, 5.41) is 3.50. The van der Waals surface area contributed by atoms with Crippen molar-refractivity contribution in [3.05, 3.63) is 29.8 Å². The molecule has 0 saturated heterocycles. The maximum atomic E-state index is 5.49. The number of hydrogen-bond donors (Lipinski definition) is 1. The normalized spacial score (nSPS) is 20.2. The highest BCUT2D eigenvalue weighted by Gasteiger charge is 2.38. The van der Waals surface area contributed by atoms with Crippen molar-refractivity contribution in [2.75, 3.05) is 14.2 Å². The summed E-state index contributed by atoms with van der Waals surface area (Å²) in [5.41, 5.74) is 1.66. The summed E-state index contributed by atoms with van der Waals surface area (Å²) in [4.78, 5) is 0. The third-order valence-corrected chi connectivity index (χ3v) is 4.18. The van der Waals surface area contributed by atoms with Crippen molar-refractivity contribution in [2.45, 2.75) is 38.6 Å². The summed E-state index contributed by atoms with van der Waals surface area (Å²) in [6.07, 6.45) is 5.31. The molecule has 0 heterocycles. The molecule has 0 amide bonds. The molecule has 0 aliphatic heterocycles. The summed E-state index contributed by atoms with van der Waals surface area (Å²) in [7, 11) is 3.81. The quantitative estimate of drug-likeness (QED) is 0.859. The molecule has 1 aliphatic rings. The molecule has 2 heteroatoms. The lowest BCUT2D eigenvalue weighted by atomic mass is 9.77. The Bertz CT molecular complexity index is 369. The summed E-state index contributed by atoms with van der Waals surface area (Å²) in [6, 6.07) is 8.76. The summed E-state index contributed by atoms with van der Waals surface area (Å²) in [5.74, 6) is 1.000. The minimum absolute atomic E-state index is 0.364. The van der Waals surface area contributed by atoms with Gasteiger partial charge in [-0.2, -0.15) is 0 Å². The highest BCUT2D eigenvalue weighted by molar-refractivity contribution is 5.37. The molecule has 0 aromatic heterocycles. The van der Waals surface area contributed by atoms with Crippen LogP contribution in [0, 0.1) is 5.41 Å². The summed E-state index contributed by atoms with van der Waals surface area (Å²) < 4.78 is 5.49. The second-order valence-electron chi connectivity index (χ2n) is 5.32. The van der Waals surface area contributed by atoms with E-state index in [4.69, 9.17) is 4.74 Å². The van der Waals surface area contributed by atoms with Crippen molar-refractivity contribution in [3.63, 3.8) is 0 Å². The molecular formula is C15H23NO. The van der Waals surface area contributed by atoms with Gasteiger partial charge < -0.3 is 10.1 Å². The van der Waals surface area contributed by atoms with E-state index in [0.29, 0.717) is 11.5 Å². The highest BCUT2D eigenvalue weighted by atomic mass is 16.5. The zero-order valence-electron chi connectivity index (χ0n) is 11.1. The SMILES string of the molecule is CNC(c1ccccc1OC)C1(C)CCCC1. The number of para-hydroxylation sites is 1. The molecule has 1 saturated carbocycles. The minimum atomic E-state index is 0.364. The van der Waals surface area contributed by atoms with Gasteiger partial charge in [0.25, 0.3) is 0 Å². The van der Waals surface area contributed by atoms with E-state index in [2.05, 4.69) is 37.5 Å². The molecule has 1 aromatic carbocycles. The number of methoxy groups -OCH3 is 1. The average Bonchev–Trinajstić information content (AvgIpc) is 2.78. The van der Waals surface area contributed by atoms with Crippen molar-refractivity contribution in [2.24, 2.45) is 5.41 Å². The minimum Gasteiger partial charge on any atom is -0.496 e. The van der Waals surface area contributed by atoms with Gasteiger partial charge in [0.05, 0.1) is 7.11 Å². The second-order valence-corrected chi connectivity index (χ2v) is 5.32. The molecule has 17 heavy (non-hydrogen) atoms. The van der Waals surface area contributed by atoms with E-state index < -0.39 is 0 Å². The maximum Gasteiger partial charge on any atom is 0.123 e. The van der Waals surface area contributed by atoms with E-state index in [-0.39, 0.29) is 0 Å². The lowest BCUT2D eigenvalue weighted by Crippen LogP contribution is -2.32. The lowest BCUT2D eigenvalue weighted by Gasteiger charge is -2.35. The summed E-state index contributed by atoms with van der Waals surface area (Å²) in [6.45, 7) is 2.40. The fourth-order valence-electron chi connectivity index (χ4n) is 3.26. The van der Waals surface area contributed by atoms with Gasteiger partial charge >= 0.3 is 0 Å². The Balaban J connectivity index is 2.34. The van der Waals surface area contributed by atoms with Crippen LogP contribution in [0.2, 0.25) is 0 Å². The molecule has 2 nitrogen and oxygen atoms in total. The molecule has 1 aliphatic carbocycles. The fourth-order valence-corrected chi connectivity index (χ4v) is 3.26. The number of ether oxygens (including phenoxy) is 1. The Morgan fingerprint density at radius 3 is 2.47 bits per heavy atom. The van der Waals surface area contributed by atoms with Crippen LogP contribution in [0.5, 0.6) is 5.75 Å². The van der Waals surface area contributed by atoms with Crippen LogP contribution in [0.3, 0.4) is 0 Å². The number of rotatable bonds is 4. The molecule has 0 radical (unpaired) electrons. The van der Waals surface area contributed by atoms with Crippen LogP contribution < -0.4 is 10.1 Å². The Morgan fingerprint density at radius 1 is 1.24 bits per heavy atom. The van der Waals surface area contributed by atoms with Crippen LogP contribution in [0.15, 0.2) is 24.3 Å². The van der Waals surface area contributed by atoms with Crippen molar-refractivity contribution >= 4 is 0 Å². The van der Waals surface area contributed by atoms with Gasteiger partial charge in [-0.3, -0.25) is 0 Å². The molecule has 1 atom stereocenters. The topological polar surface area (TPSA) is 21.3 Å². The van der Waals surface area contributed by atoms with Crippen LogP contribution in [-0.4, -0.2) is 14.2 Å². The first kappa shape index (κ1) is 12.4. The van der Waals surface area contributed by atoms with E-state index in [1.165, 1.54) is 31.2 Å². The third kappa shape index (κ3) is 2.32. The van der Waals surface area contributed by atoms with E-state index >= 15 is 0 Å². The highest BCUT2D eigenvalue weighted by Crippen LogP contribution is 2.48. The molecule has 1 N–H and O–H groups in total. The van der Waals surface area contributed by atoms with Crippen molar-refractivity contribution in [3.8, 4) is 5.75 Å². The van der Waals surface area contributed by atoms with Crippen LogP contribution >= 0.6 is 0 Å². The molecule has 2 rings (SSSR count). The predicted molar refractivity (Wildman–Crippen MR) is 71.4 cm³/mol. The largest absolute Gasteiger partial charge is 0.496 e. The zero-order valence-corrected chi connectivity index (χ0v) is 11.1. The molecule has 1 fully saturated rings. The first-order valence-electron chi connectivity index (χ1n) is 6.51. The van der Waals surface area contributed by atoms with Crippen LogP contribution in [0.4, 0.5) is 0 Å². The van der Waals surface area contributed by atoms with Crippen molar-refractivity contribution < 1.29 is 4.74 Å². The number of benzene rings is 1. The Morgan fingerprint density at radius 2 is 1.88 bits per heavy atom. The molecule has 0 spiro atoms. The molecule has 0 bridgehead atoms. The van der Waals surface area contributed by atoms with Gasteiger partial charge in [0.2, 0.25) is 0 Å².